The van der Waals surface area contributed by atoms with Gasteiger partial charge in [-0.3, -0.25) is 4.79 Å². The Morgan fingerprint density at radius 1 is 1.39 bits per heavy atom. The van der Waals surface area contributed by atoms with E-state index < -0.39 is 12.0 Å². The molecule has 0 aliphatic heterocycles. The van der Waals surface area contributed by atoms with Crippen molar-refractivity contribution in [2.75, 3.05) is 19.7 Å². The molecule has 0 saturated heterocycles. The lowest BCUT2D eigenvalue weighted by Crippen LogP contribution is -2.47. The minimum absolute atomic E-state index is 0.211. The average molecular weight is 258 g/mol. The van der Waals surface area contributed by atoms with Crippen molar-refractivity contribution in [3.63, 3.8) is 0 Å². The van der Waals surface area contributed by atoms with Gasteiger partial charge in [-0.2, -0.15) is 0 Å². The predicted molar refractivity (Wildman–Crippen MR) is 66.3 cm³/mol. The summed E-state index contributed by atoms with van der Waals surface area (Å²) in [6, 6.07) is -0.881. The number of ether oxygens (including phenoxy) is 1. The van der Waals surface area contributed by atoms with Gasteiger partial charge in [0.1, 0.15) is 6.04 Å². The van der Waals surface area contributed by atoms with Gasteiger partial charge in [-0.25, -0.2) is 4.79 Å². The van der Waals surface area contributed by atoms with Crippen LogP contribution in [-0.4, -0.2) is 48.8 Å². The van der Waals surface area contributed by atoms with Crippen LogP contribution in [0.3, 0.4) is 0 Å². The molecule has 18 heavy (non-hydrogen) atoms. The first kappa shape index (κ1) is 14.9. The van der Waals surface area contributed by atoms with Gasteiger partial charge in [0.05, 0.1) is 12.7 Å². The van der Waals surface area contributed by atoms with Crippen LogP contribution in [0.15, 0.2) is 0 Å². The second-order valence-electron chi connectivity index (χ2n) is 4.57. The maximum absolute atomic E-state index is 10.8. The zero-order chi connectivity index (χ0) is 13.4. The van der Waals surface area contributed by atoms with Crippen LogP contribution in [0.25, 0.3) is 0 Å². The van der Waals surface area contributed by atoms with Crippen LogP contribution in [0.2, 0.25) is 0 Å². The van der Waals surface area contributed by atoms with Gasteiger partial charge in [-0.15, -0.1) is 0 Å². The summed E-state index contributed by atoms with van der Waals surface area (Å²) >= 11 is 0. The van der Waals surface area contributed by atoms with E-state index in [9.17, 15) is 9.59 Å². The summed E-state index contributed by atoms with van der Waals surface area (Å²) in [6.07, 6.45) is 5.11. The van der Waals surface area contributed by atoms with Crippen molar-refractivity contribution in [1.82, 2.24) is 10.6 Å². The van der Waals surface area contributed by atoms with Crippen molar-refractivity contribution in [1.29, 1.82) is 0 Å². The molecule has 1 rings (SSSR count). The van der Waals surface area contributed by atoms with E-state index in [1.165, 1.54) is 19.8 Å². The second-order valence-corrected chi connectivity index (χ2v) is 4.57. The maximum atomic E-state index is 10.8. The van der Waals surface area contributed by atoms with E-state index >= 15 is 0 Å². The molecule has 6 heteroatoms. The Morgan fingerprint density at radius 3 is 2.61 bits per heavy atom. The molecule has 1 aliphatic rings. The highest BCUT2D eigenvalue weighted by atomic mass is 16.5. The first-order valence-corrected chi connectivity index (χ1v) is 6.42. The third-order valence-electron chi connectivity index (χ3n) is 2.96. The van der Waals surface area contributed by atoms with Crippen LogP contribution in [-0.2, 0) is 14.3 Å². The number of rotatable bonds is 8. The highest BCUT2D eigenvalue weighted by molar-refractivity contribution is 5.82. The number of nitrogens with one attached hydrogen (secondary N) is 2. The van der Waals surface area contributed by atoms with E-state index in [4.69, 9.17) is 9.84 Å². The van der Waals surface area contributed by atoms with E-state index in [2.05, 4.69) is 10.6 Å². The number of carbonyl (C=O) groups excluding carboxylic acids is 1. The smallest absolute Gasteiger partial charge is 0.327 e. The zero-order valence-corrected chi connectivity index (χ0v) is 10.8. The van der Waals surface area contributed by atoms with E-state index in [0.29, 0.717) is 19.3 Å². The Balaban J connectivity index is 2.06. The van der Waals surface area contributed by atoms with Crippen molar-refractivity contribution in [3.05, 3.63) is 0 Å². The van der Waals surface area contributed by atoms with Crippen LogP contribution in [0, 0.1) is 0 Å². The Hall–Kier alpha value is -1.14. The summed E-state index contributed by atoms with van der Waals surface area (Å²) in [4.78, 5) is 21.6. The fourth-order valence-electron chi connectivity index (χ4n) is 2.04. The molecule has 0 bridgehead atoms. The molecule has 0 aromatic heterocycles. The minimum Gasteiger partial charge on any atom is -0.480 e. The first-order chi connectivity index (χ1) is 8.59. The summed E-state index contributed by atoms with van der Waals surface area (Å²) in [5, 5.41) is 14.2. The monoisotopic (exact) mass is 258 g/mol. The van der Waals surface area contributed by atoms with Crippen LogP contribution < -0.4 is 10.6 Å². The summed E-state index contributed by atoms with van der Waals surface area (Å²) in [6.45, 7) is 2.69. The third kappa shape index (κ3) is 5.97. The minimum atomic E-state index is -1.03. The Labute approximate surface area is 107 Å². The molecule has 0 heterocycles. The fourth-order valence-corrected chi connectivity index (χ4v) is 2.04. The van der Waals surface area contributed by atoms with Gasteiger partial charge in [0, 0.05) is 20.0 Å². The lowest BCUT2D eigenvalue weighted by atomic mass is 10.3. The van der Waals surface area contributed by atoms with Gasteiger partial charge in [-0.05, 0) is 12.8 Å². The zero-order valence-electron chi connectivity index (χ0n) is 10.8. The fraction of sp³-hybridized carbons (Fsp3) is 0.833. The van der Waals surface area contributed by atoms with Crippen molar-refractivity contribution < 1.29 is 19.4 Å². The number of hydrogen-bond acceptors (Lipinski definition) is 4. The molecule has 1 aliphatic carbocycles. The second kappa shape index (κ2) is 8.05. The number of aliphatic carboxylic acids is 1. The summed E-state index contributed by atoms with van der Waals surface area (Å²) in [5.41, 5.74) is 0. The molecule has 0 aromatic rings. The van der Waals surface area contributed by atoms with Crippen LogP contribution in [0.4, 0.5) is 0 Å². The van der Waals surface area contributed by atoms with E-state index in [1.54, 1.807) is 0 Å². The molecular formula is C12H22N2O4. The van der Waals surface area contributed by atoms with Crippen LogP contribution in [0.1, 0.15) is 32.6 Å². The highest BCUT2D eigenvalue weighted by Crippen LogP contribution is 2.20. The van der Waals surface area contributed by atoms with Crippen molar-refractivity contribution in [3.8, 4) is 0 Å². The highest BCUT2D eigenvalue weighted by Gasteiger charge is 2.18. The third-order valence-corrected chi connectivity index (χ3v) is 2.96. The van der Waals surface area contributed by atoms with Crippen molar-refractivity contribution >= 4 is 11.9 Å². The summed E-state index contributed by atoms with van der Waals surface area (Å²) in [7, 11) is 0. The molecule has 1 fully saturated rings. The van der Waals surface area contributed by atoms with Gasteiger partial charge < -0.3 is 20.5 Å². The Morgan fingerprint density at radius 2 is 2.06 bits per heavy atom. The molecule has 1 atom stereocenters. The first-order valence-electron chi connectivity index (χ1n) is 6.42. The average Bonchev–Trinajstić information content (AvgIpc) is 2.79. The number of hydrogen-bond donors (Lipinski definition) is 3. The van der Waals surface area contributed by atoms with E-state index in [-0.39, 0.29) is 12.5 Å². The molecule has 0 aromatic carbocycles. The predicted octanol–water partition coefficient (Wildman–Crippen LogP) is 0.124. The summed E-state index contributed by atoms with van der Waals surface area (Å²) < 4.78 is 5.63. The summed E-state index contributed by atoms with van der Waals surface area (Å²) in [5.74, 6) is -1.37. The Kier molecular flexibility index (Phi) is 6.67. The molecule has 0 radical (unpaired) electrons. The number of amides is 1. The molecular weight excluding hydrogens is 236 g/mol. The Bertz CT molecular complexity index is 277. The maximum Gasteiger partial charge on any atom is 0.327 e. The topological polar surface area (TPSA) is 87.7 Å². The molecule has 6 nitrogen and oxygen atoms in total. The quantitative estimate of drug-likeness (QED) is 0.538. The molecule has 1 amide bonds. The SMILES string of the molecule is CC(=O)NC(CNCCOC1CCCC1)C(=O)O. The molecule has 1 unspecified atom stereocenters. The van der Waals surface area contributed by atoms with E-state index in [0.717, 1.165) is 12.8 Å². The van der Waals surface area contributed by atoms with Crippen LogP contribution in [0.5, 0.6) is 0 Å². The normalized spacial score (nSPS) is 17.6. The standard InChI is InChI=1S/C12H22N2O4/c1-9(15)14-11(12(16)17)8-13-6-7-18-10-4-2-3-5-10/h10-11,13H,2-8H2,1H3,(H,14,15)(H,16,17). The van der Waals surface area contributed by atoms with Crippen LogP contribution >= 0.6 is 0 Å². The van der Waals surface area contributed by atoms with Crippen molar-refractivity contribution in [2.45, 2.75) is 44.8 Å². The van der Waals surface area contributed by atoms with Gasteiger partial charge in [-0.1, -0.05) is 12.8 Å². The van der Waals surface area contributed by atoms with Gasteiger partial charge in [0.2, 0.25) is 5.91 Å². The number of carboxylic acid groups (broad SMARTS) is 1. The number of carbonyl (C=O) groups is 2. The molecule has 104 valence electrons. The van der Waals surface area contributed by atoms with E-state index in [1.807, 2.05) is 0 Å². The lowest BCUT2D eigenvalue weighted by Gasteiger charge is -2.15. The molecule has 0 spiro atoms. The van der Waals surface area contributed by atoms with Gasteiger partial charge in [0.25, 0.3) is 0 Å². The molecule has 1 saturated carbocycles. The van der Waals surface area contributed by atoms with Crippen molar-refractivity contribution in [2.24, 2.45) is 0 Å². The largest absolute Gasteiger partial charge is 0.480 e. The molecule has 3 N–H and O–H groups in total. The lowest BCUT2D eigenvalue weighted by molar-refractivity contribution is -0.141. The van der Waals surface area contributed by atoms with Gasteiger partial charge >= 0.3 is 5.97 Å². The van der Waals surface area contributed by atoms with Gasteiger partial charge in [0.15, 0.2) is 0 Å². The number of carboxylic acids is 1.